The van der Waals surface area contributed by atoms with E-state index in [0.29, 0.717) is 28.9 Å². The van der Waals surface area contributed by atoms with Crippen LogP contribution in [-0.4, -0.2) is 20.9 Å². The summed E-state index contributed by atoms with van der Waals surface area (Å²) in [5.74, 6) is 0.757. The van der Waals surface area contributed by atoms with Crippen molar-refractivity contribution >= 4 is 29.0 Å². The second kappa shape index (κ2) is 7.93. The van der Waals surface area contributed by atoms with Gasteiger partial charge in [0.05, 0.1) is 0 Å². The van der Waals surface area contributed by atoms with Crippen LogP contribution in [0.1, 0.15) is 27.4 Å². The van der Waals surface area contributed by atoms with Crippen molar-refractivity contribution in [3.8, 4) is 0 Å². The van der Waals surface area contributed by atoms with Gasteiger partial charge in [0.2, 0.25) is 0 Å². The normalized spacial score (nSPS) is 10.4. The summed E-state index contributed by atoms with van der Waals surface area (Å²) in [7, 11) is 0. The molecule has 2 N–H and O–H groups in total. The van der Waals surface area contributed by atoms with Crippen molar-refractivity contribution in [3.05, 3.63) is 76.5 Å². The minimum Gasteiger partial charge on any atom is -0.347 e. The van der Waals surface area contributed by atoms with Crippen molar-refractivity contribution < 1.29 is 4.79 Å². The van der Waals surface area contributed by atoms with Crippen LogP contribution in [-0.2, 0) is 6.54 Å². The highest BCUT2D eigenvalue weighted by atomic mass is 35.5. The molecule has 7 heteroatoms. The van der Waals surface area contributed by atoms with Crippen LogP contribution in [0.4, 0.5) is 11.5 Å². The molecule has 0 saturated carbocycles. The van der Waals surface area contributed by atoms with E-state index >= 15 is 0 Å². The molecule has 0 saturated heterocycles. The number of hydrogen-bond acceptors (Lipinski definition) is 5. The standard InChI is InChI=1S/C19H18ClN5O/c1-12-5-6-15(8-16(12)20)25-18-9-17(23-13(2)24-18)19(26)22-11-14-4-3-7-21-10-14/h3-10H,11H2,1-2H3,(H,22,26)(H,23,24,25). The Bertz CT molecular complexity index is 930. The average Bonchev–Trinajstić information content (AvgIpc) is 2.63. The summed E-state index contributed by atoms with van der Waals surface area (Å²) in [6.45, 7) is 4.06. The lowest BCUT2D eigenvalue weighted by Crippen LogP contribution is -2.24. The summed E-state index contributed by atoms with van der Waals surface area (Å²) in [6, 6.07) is 11.0. The number of benzene rings is 1. The predicted octanol–water partition coefficient (Wildman–Crippen LogP) is 3.82. The van der Waals surface area contributed by atoms with Gasteiger partial charge in [-0.25, -0.2) is 9.97 Å². The lowest BCUT2D eigenvalue weighted by molar-refractivity contribution is 0.0945. The molecule has 0 aliphatic carbocycles. The molecule has 3 rings (SSSR count). The van der Waals surface area contributed by atoms with Gasteiger partial charge in [0.1, 0.15) is 17.3 Å². The van der Waals surface area contributed by atoms with Gasteiger partial charge >= 0.3 is 0 Å². The molecule has 2 heterocycles. The second-order valence-electron chi connectivity index (χ2n) is 5.82. The maximum Gasteiger partial charge on any atom is 0.270 e. The monoisotopic (exact) mass is 367 g/mol. The van der Waals surface area contributed by atoms with E-state index in [9.17, 15) is 4.79 Å². The Balaban J connectivity index is 1.74. The van der Waals surface area contributed by atoms with E-state index < -0.39 is 0 Å². The van der Waals surface area contributed by atoms with Gasteiger partial charge in [0.15, 0.2) is 0 Å². The van der Waals surface area contributed by atoms with Crippen molar-refractivity contribution in [2.24, 2.45) is 0 Å². The Labute approximate surface area is 156 Å². The van der Waals surface area contributed by atoms with Crippen molar-refractivity contribution in [1.82, 2.24) is 20.3 Å². The van der Waals surface area contributed by atoms with E-state index in [1.54, 1.807) is 25.4 Å². The predicted molar refractivity (Wildman–Crippen MR) is 102 cm³/mol. The SMILES string of the molecule is Cc1nc(Nc2ccc(C)c(Cl)c2)cc(C(=O)NCc2cccnc2)n1. The van der Waals surface area contributed by atoms with Crippen molar-refractivity contribution in [3.63, 3.8) is 0 Å². The summed E-state index contributed by atoms with van der Waals surface area (Å²) >= 11 is 6.15. The van der Waals surface area contributed by atoms with Gasteiger partial charge in [-0.3, -0.25) is 9.78 Å². The molecule has 0 spiro atoms. The first kappa shape index (κ1) is 17.8. The molecular formula is C19H18ClN5O. The molecule has 1 amide bonds. The zero-order chi connectivity index (χ0) is 18.5. The van der Waals surface area contributed by atoms with E-state index in [1.165, 1.54) is 0 Å². The maximum absolute atomic E-state index is 12.4. The number of carbonyl (C=O) groups is 1. The van der Waals surface area contributed by atoms with E-state index in [0.717, 1.165) is 16.8 Å². The minimum atomic E-state index is -0.274. The van der Waals surface area contributed by atoms with Crippen LogP contribution in [0.2, 0.25) is 5.02 Å². The van der Waals surface area contributed by atoms with E-state index in [1.807, 2.05) is 37.3 Å². The molecule has 0 fully saturated rings. The molecule has 26 heavy (non-hydrogen) atoms. The van der Waals surface area contributed by atoms with Crippen LogP contribution in [0.5, 0.6) is 0 Å². The molecule has 132 valence electrons. The van der Waals surface area contributed by atoms with Gasteiger partial charge in [0.25, 0.3) is 5.91 Å². The summed E-state index contributed by atoms with van der Waals surface area (Å²) < 4.78 is 0. The lowest BCUT2D eigenvalue weighted by Gasteiger charge is -2.10. The van der Waals surface area contributed by atoms with Crippen LogP contribution < -0.4 is 10.6 Å². The fraction of sp³-hybridized carbons (Fsp3) is 0.158. The van der Waals surface area contributed by atoms with E-state index in [-0.39, 0.29) is 5.91 Å². The fourth-order valence-corrected chi connectivity index (χ4v) is 2.52. The number of aryl methyl sites for hydroxylation is 2. The third-order valence-electron chi connectivity index (χ3n) is 3.69. The number of carbonyl (C=O) groups excluding carboxylic acids is 1. The van der Waals surface area contributed by atoms with Crippen molar-refractivity contribution in [1.29, 1.82) is 0 Å². The summed E-state index contributed by atoms with van der Waals surface area (Å²) in [6.07, 6.45) is 3.40. The number of pyridine rings is 1. The van der Waals surface area contributed by atoms with Gasteiger partial charge in [-0.1, -0.05) is 23.7 Å². The summed E-state index contributed by atoms with van der Waals surface area (Å²) in [4.78, 5) is 25.0. The number of amides is 1. The lowest BCUT2D eigenvalue weighted by atomic mass is 10.2. The molecule has 0 radical (unpaired) electrons. The van der Waals surface area contributed by atoms with Crippen LogP contribution in [0.15, 0.2) is 48.8 Å². The molecule has 0 unspecified atom stereocenters. The molecule has 6 nitrogen and oxygen atoms in total. The number of nitrogens with one attached hydrogen (secondary N) is 2. The Morgan fingerprint density at radius 3 is 2.73 bits per heavy atom. The van der Waals surface area contributed by atoms with Gasteiger partial charge in [-0.2, -0.15) is 0 Å². The largest absolute Gasteiger partial charge is 0.347 e. The number of rotatable bonds is 5. The third-order valence-corrected chi connectivity index (χ3v) is 4.10. The molecule has 0 aliphatic heterocycles. The fourth-order valence-electron chi connectivity index (χ4n) is 2.34. The molecule has 0 bridgehead atoms. The molecule has 3 aromatic rings. The van der Waals surface area contributed by atoms with E-state index in [4.69, 9.17) is 11.6 Å². The van der Waals surface area contributed by atoms with Gasteiger partial charge in [-0.05, 0) is 43.2 Å². The molecule has 0 aliphatic rings. The highest BCUT2D eigenvalue weighted by Gasteiger charge is 2.11. The van der Waals surface area contributed by atoms with E-state index in [2.05, 4.69) is 25.6 Å². The van der Waals surface area contributed by atoms with Crippen LogP contribution in [0.3, 0.4) is 0 Å². The number of halogens is 1. The molecule has 1 aromatic carbocycles. The number of nitrogens with zero attached hydrogens (tertiary/aromatic N) is 3. The molecule has 0 atom stereocenters. The highest BCUT2D eigenvalue weighted by Crippen LogP contribution is 2.22. The Hall–Kier alpha value is -2.99. The van der Waals surface area contributed by atoms with Gasteiger partial charge in [-0.15, -0.1) is 0 Å². The van der Waals surface area contributed by atoms with Crippen molar-refractivity contribution in [2.75, 3.05) is 5.32 Å². The average molecular weight is 368 g/mol. The molecular weight excluding hydrogens is 350 g/mol. The van der Waals surface area contributed by atoms with Crippen LogP contribution in [0.25, 0.3) is 0 Å². The first-order chi connectivity index (χ1) is 12.5. The van der Waals surface area contributed by atoms with Crippen LogP contribution >= 0.6 is 11.6 Å². The van der Waals surface area contributed by atoms with Gasteiger partial charge in [0, 0.05) is 35.7 Å². The quantitative estimate of drug-likeness (QED) is 0.716. The topological polar surface area (TPSA) is 79.8 Å². The smallest absolute Gasteiger partial charge is 0.270 e. The zero-order valence-corrected chi connectivity index (χ0v) is 15.2. The van der Waals surface area contributed by atoms with Crippen molar-refractivity contribution in [2.45, 2.75) is 20.4 Å². The zero-order valence-electron chi connectivity index (χ0n) is 14.5. The first-order valence-electron chi connectivity index (χ1n) is 8.07. The minimum absolute atomic E-state index is 0.274. The Kier molecular flexibility index (Phi) is 5.43. The number of hydrogen-bond donors (Lipinski definition) is 2. The highest BCUT2D eigenvalue weighted by molar-refractivity contribution is 6.31. The Morgan fingerprint density at radius 1 is 1.15 bits per heavy atom. The number of aromatic nitrogens is 3. The maximum atomic E-state index is 12.4. The molecule has 2 aromatic heterocycles. The second-order valence-corrected chi connectivity index (χ2v) is 6.23. The summed E-state index contributed by atoms with van der Waals surface area (Å²) in [5.41, 5.74) is 2.99. The van der Waals surface area contributed by atoms with Gasteiger partial charge < -0.3 is 10.6 Å². The first-order valence-corrected chi connectivity index (χ1v) is 8.45. The third kappa shape index (κ3) is 4.55. The summed E-state index contributed by atoms with van der Waals surface area (Å²) in [5, 5.41) is 6.65. The number of anilines is 2. The van der Waals surface area contributed by atoms with Crippen LogP contribution in [0, 0.1) is 13.8 Å². The Morgan fingerprint density at radius 2 is 2.00 bits per heavy atom.